The number of hydrogen-bond donors (Lipinski definition) is 1. The largest absolute Gasteiger partial charge is 0.369 e. The van der Waals surface area contributed by atoms with Crippen LogP contribution in [0.1, 0.15) is 27.2 Å². The zero-order chi connectivity index (χ0) is 12.3. The lowest BCUT2D eigenvalue weighted by atomic mass is 10.0. The zero-order valence-electron chi connectivity index (χ0n) is 11.0. The predicted molar refractivity (Wildman–Crippen MR) is 71.4 cm³/mol. The van der Waals surface area contributed by atoms with E-state index in [0.29, 0.717) is 0 Å². The highest BCUT2D eigenvalue weighted by atomic mass is 15.2. The summed E-state index contributed by atoms with van der Waals surface area (Å²) in [5, 5.41) is 3.28. The second kappa shape index (κ2) is 5.34. The summed E-state index contributed by atoms with van der Waals surface area (Å²) in [4.78, 5) is 11.2. The van der Waals surface area contributed by atoms with Crippen molar-refractivity contribution in [2.75, 3.05) is 29.9 Å². The van der Waals surface area contributed by atoms with E-state index in [1.807, 2.05) is 6.20 Å². The topological polar surface area (TPSA) is 41.1 Å². The second-order valence-electron chi connectivity index (χ2n) is 5.05. The quantitative estimate of drug-likeness (QED) is 0.868. The molecule has 2 atom stereocenters. The number of nitrogens with zero attached hydrogens (tertiary/aromatic N) is 3. The highest BCUT2D eigenvalue weighted by Crippen LogP contribution is 2.26. The van der Waals surface area contributed by atoms with Gasteiger partial charge in [0.05, 0.1) is 12.4 Å². The average molecular weight is 234 g/mol. The number of nitrogens with one attached hydrogen (secondary N) is 1. The molecule has 0 aromatic carbocycles. The van der Waals surface area contributed by atoms with Gasteiger partial charge in [-0.15, -0.1) is 0 Å². The van der Waals surface area contributed by atoms with Crippen molar-refractivity contribution in [3.63, 3.8) is 0 Å². The molecule has 0 radical (unpaired) electrons. The minimum atomic E-state index is 0.740. The molecule has 1 fully saturated rings. The lowest BCUT2D eigenvalue weighted by molar-refractivity contribution is 0.494. The zero-order valence-corrected chi connectivity index (χ0v) is 11.0. The fourth-order valence-corrected chi connectivity index (χ4v) is 2.16. The fourth-order valence-electron chi connectivity index (χ4n) is 2.16. The lowest BCUT2D eigenvalue weighted by Gasteiger charge is -2.17. The monoisotopic (exact) mass is 234 g/mol. The predicted octanol–water partition coefficient (Wildman–Crippen LogP) is 2.39. The van der Waals surface area contributed by atoms with E-state index in [9.17, 15) is 0 Å². The molecule has 0 amide bonds. The molecule has 1 aromatic rings. The van der Waals surface area contributed by atoms with Crippen LogP contribution >= 0.6 is 0 Å². The van der Waals surface area contributed by atoms with E-state index in [-0.39, 0.29) is 0 Å². The van der Waals surface area contributed by atoms with Gasteiger partial charge in [-0.25, -0.2) is 4.98 Å². The SMILES string of the molecule is CCCNc1cncc(N2CC(C)C(C)C2)n1. The maximum Gasteiger partial charge on any atom is 0.149 e. The highest BCUT2D eigenvalue weighted by molar-refractivity contribution is 5.44. The van der Waals surface area contributed by atoms with Gasteiger partial charge < -0.3 is 10.2 Å². The number of anilines is 2. The van der Waals surface area contributed by atoms with Crippen LogP contribution < -0.4 is 10.2 Å². The van der Waals surface area contributed by atoms with E-state index < -0.39 is 0 Å². The third kappa shape index (κ3) is 2.87. The van der Waals surface area contributed by atoms with E-state index in [1.165, 1.54) is 0 Å². The normalized spacial score (nSPS) is 24.1. The second-order valence-corrected chi connectivity index (χ2v) is 5.05. The van der Waals surface area contributed by atoms with Gasteiger partial charge in [-0.3, -0.25) is 4.98 Å². The van der Waals surface area contributed by atoms with Crippen LogP contribution in [-0.2, 0) is 0 Å². The lowest BCUT2D eigenvalue weighted by Crippen LogP contribution is -2.21. The van der Waals surface area contributed by atoms with Crippen molar-refractivity contribution in [1.82, 2.24) is 9.97 Å². The Morgan fingerprint density at radius 2 is 2.00 bits per heavy atom. The van der Waals surface area contributed by atoms with E-state index in [4.69, 9.17) is 0 Å². The van der Waals surface area contributed by atoms with Gasteiger partial charge >= 0.3 is 0 Å². The summed E-state index contributed by atoms with van der Waals surface area (Å²) < 4.78 is 0. The molecule has 17 heavy (non-hydrogen) atoms. The first kappa shape index (κ1) is 12.1. The Hall–Kier alpha value is -1.32. The van der Waals surface area contributed by atoms with Gasteiger partial charge in [-0.2, -0.15) is 0 Å². The van der Waals surface area contributed by atoms with Gasteiger partial charge in [0.1, 0.15) is 11.6 Å². The van der Waals surface area contributed by atoms with Crippen LogP contribution in [0.15, 0.2) is 12.4 Å². The van der Waals surface area contributed by atoms with Crippen molar-refractivity contribution in [2.24, 2.45) is 11.8 Å². The molecule has 94 valence electrons. The summed E-state index contributed by atoms with van der Waals surface area (Å²) in [5.74, 6) is 3.37. The van der Waals surface area contributed by atoms with Gasteiger partial charge in [0.15, 0.2) is 0 Å². The first-order chi connectivity index (χ1) is 8.20. The van der Waals surface area contributed by atoms with Gasteiger partial charge in [0, 0.05) is 19.6 Å². The molecule has 1 aliphatic rings. The molecular weight excluding hydrogens is 212 g/mol. The maximum atomic E-state index is 4.61. The summed E-state index contributed by atoms with van der Waals surface area (Å²) in [6.07, 6.45) is 4.76. The third-order valence-corrected chi connectivity index (χ3v) is 3.49. The summed E-state index contributed by atoms with van der Waals surface area (Å²) in [6, 6.07) is 0. The van der Waals surface area contributed by atoms with Crippen molar-refractivity contribution in [3.05, 3.63) is 12.4 Å². The van der Waals surface area contributed by atoms with E-state index in [0.717, 1.165) is 49.5 Å². The van der Waals surface area contributed by atoms with Crippen LogP contribution in [0.3, 0.4) is 0 Å². The molecule has 0 spiro atoms. The van der Waals surface area contributed by atoms with Crippen LogP contribution in [0, 0.1) is 11.8 Å². The molecule has 0 saturated carbocycles. The molecule has 1 N–H and O–H groups in total. The van der Waals surface area contributed by atoms with E-state index >= 15 is 0 Å². The third-order valence-electron chi connectivity index (χ3n) is 3.49. The smallest absolute Gasteiger partial charge is 0.149 e. The van der Waals surface area contributed by atoms with Gasteiger partial charge in [0.2, 0.25) is 0 Å². The van der Waals surface area contributed by atoms with E-state index in [1.54, 1.807) is 6.20 Å². The minimum Gasteiger partial charge on any atom is -0.369 e. The molecule has 2 heterocycles. The van der Waals surface area contributed by atoms with Crippen LogP contribution in [0.2, 0.25) is 0 Å². The summed E-state index contributed by atoms with van der Waals surface area (Å²) in [6.45, 7) is 9.88. The Morgan fingerprint density at radius 1 is 1.29 bits per heavy atom. The number of hydrogen-bond acceptors (Lipinski definition) is 4. The molecule has 0 bridgehead atoms. The van der Waals surface area contributed by atoms with Gasteiger partial charge in [0.25, 0.3) is 0 Å². The molecule has 1 aromatic heterocycles. The molecule has 1 saturated heterocycles. The van der Waals surface area contributed by atoms with Crippen molar-refractivity contribution in [2.45, 2.75) is 27.2 Å². The molecule has 0 aliphatic carbocycles. The van der Waals surface area contributed by atoms with Crippen LogP contribution in [-0.4, -0.2) is 29.6 Å². The molecule has 4 heteroatoms. The summed E-state index contributed by atoms with van der Waals surface area (Å²) in [5.41, 5.74) is 0. The van der Waals surface area contributed by atoms with Crippen molar-refractivity contribution in [1.29, 1.82) is 0 Å². The Morgan fingerprint density at radius 3 is 2.65 bits per heavy atom. The first-order valence-electron chi connectivity index (χ1n) is 6.51. The summed E-state index contributed by atoms with van der Waals surface area (Å²) in [7, 11) is 0. The van der Waals surface area contributed by atoms with E-state index in [2.05, 4.69) is 41.0 Å². The van der Waals surface area contributed by atoms with Crippen molar-refractivity contribution < 1.29 is 0 Å². The maximum absolute atomic E-state index is 4.61. The molecule has 2 rings (SSSR count). The molecule has 2 unspecified atom stereocenters. The van der Waals surface area contributed by atoms with Crippen LogP contribution in [0.4, 0.5) is 11.6 Å². The molecule has 4 nitrogen and oxygen atoms in total. The van der Waals surface area contributed by atoms with Crippen LogP contribution in [0.25, 0.3) is 0 Å². The highest BCUT2D eigenvalue weighted by Gasteiger charge is 2.27. The Bertz CT molecular complexity index is 356. The van der Waals surface area contributed by atoms with Crippen molar-refractivity contribution in [3.8, 4) is 0 Å². The standard InChI is InChI=1S/C13H22N4/c1-4-5-15-12-6-14-7-13(16-12)17-8-10(2)11(3)9-17/h6-7,10-11H,4-5,8-9H2,1-3H3,(H,15,16). The fraction of sp³-hybridized carbons (Fsp3) is 0.692. The average Bonchev–Trinajstić information content (AvgIpc) is 2.68. The van der Waals surface area contributed by atoms with Gasteiger partial charge in [-0.1, -0.05) is 20.8 Å². The molecule has 1 aliphatic heterocycles. The number of rotatable bonds is 4. The molecular formula is C13H22N4. The van der Waals surface area contributed by atoms with Crippen LogP contribution in [0.5, 0.6) is 0 Å². The van der Waals surface area contributed by atoms with Gasteiger partial charge in [-0.05, 0) is 18.3 Å². The Balaban J connectivity index is 2.06. The van der Waals surface area contributed by atoms with Crippen molar-refractivity contribution >= 4 is 11.6 Å². The Labute approximate surface area is 103 Å². The summed E-state index contributed by atoms with van der Waals surface area (Å²) >= 11 is 0. The first-order valence-corrected chi connectivity index (χ1v) is 6.51. The minimum absolute atomic E-state index is 0.740. The Kier molecular flexibility index (Phi) is 3.82. The number of aromatic nitrogens is 2.